The molecule has 43 heavy (non-hydrogen) atoms. The molecule has 0 unspecified atom stereocenters. The lowest BCUT2D eigenvalue weighted by Crippen LogP contribution is -2.48. The van der Waals surface area contributed by atoms with Crippen molar-refractivity contribution < 1.29 is 19.3 Å². The number of anilines is 1. The summed E-state index contributed by atoms with van der Waals surface area (Å²) in [6.45, 7) is 7.29. The lowest BCUT2D eigenvalue weighted by atomic mass is 9.96. The molecule has 5 rings (SSSR count). The number of halogens is 1. The average molecular weight is 620 g/mol. The second kappa shape index (κ2) is 13.6. The fraction of sp³-hybridized carbons (Fsp3) is 0.406. The minimum Gasteiger partial charge on any atom is -0.386 e. The molecule has 4 aromatic rings. The fourth-order valence-corrected chi connectivity index (χ4v) is 8.17. The number of imidazole rings is 1. The van der Waals surface area contributed by atoms with Gasteiger partial charge in [-0.15, -0.1) is 5.54 Å². The number of hydrogen-bond acceptors (Lipinski definition) is 8. The number of nitrogens with zero attached hydrogens (tertiary/aromatic N) is 4. The number of aromatic nitrogens is 4. The van der Waals surface area contributed by atoms with Gasteiger partial charge in [0.1, 0.15) is 25.8 Å². The summed E-state index contributed by atoms with van der Waals surface area (Å²) < 4.78 is 21.2. The van der Waals surface area contributed by atoms with Gasteiger partial charge in [-0.25, -0.2) is 4.98 Å². The van der Waals surface area contributed by atoms with Gasteiger partial charge in [-0.2, -0.15) is 9.97 Å². The third-order valence-electron chi connectivity index (χ3n) is 8.36. The Morgan fingerprint density at radius 1 is 1.00 bits per heavy atom. The van der Waals surface area contributed by atoms with E-state index in [2.05, 4.69) is 47.2 Å². The maximum atomic E-state index is 11.9. The van der Waals surface area contributed by atoms with Gasteiger partial charge in [0.25, 0.3) is 0 Å². The van der Waals surface area contributed by atoms with Gasteiger partial charge in [-0.1, -0.05) is 87.4 Å². The molecule has 2 aromatic carbocycles. The van der Waals surface area contributed by atoms with E-state index in [4.69, 9.17) is 31.5 Å². The Morgan fingerprint density at radius 3 is 2.26 bits per heavy atom. The first-order valence-electron chi connectivity index (χ1n) is 14.7. The number of fused-ring (bicyclic) bond motifs is 1. The molecule has 1 saturated heterocycles. The Morgan fingerprint density at radius 2 is 1.63 bits per heavy atom. The molecule has 1 fully saturated rings. The summed E-state index contributed by atoms with van der Waals surface area (Å²) in [6.07, 6.45) is -1.44. The van der Waals surface area contributed by atoms with E-state index in [1.54, 1.807) is 4.57 Å². The van der Waals surface area contributed by atoms with Crippen molar-refractivity contribution in [3.8, 4) is 11.5 Å². The smallest absolute Gasteiger partial charge is 0.226 e. The summed E-state index contributed by atoms with van der Waals surface area (Å²) in [5.41, 5.74) is 11.2. The summed E-state index contributed by atoms with van der Waals surface area (Å²) in [6, 6.07) is 22.8. The van der Waals surface area contributed by atoms with Crippen LogP contribution in [0.3, 0.4) is 0 Å². The highest BCUT2D eigenvalue weighted by molar-refractivity contribution is 6.87. The SMILES string of the molecule is CC[Si](C#C[C@]1(COCc2ccccc2)O[C@@H](n2cnc3c(N)nc(Cl)nc32)[C@H](O)[C@@H]1OCc1ccccc1)(CC)CC. The van der Waals surface area contributed by atoms with Crippen molar-refractivity contribution in [1.29, 1.82) is 0 Å². The molecule has 0 bridgehead atoms. The largest absolute Gasteiger partial charge is 0.386 e. The Balaban J connectivity index is 1.58. The number of aliphatic hydroxyl groups excluding tert-OH is 1. The zero-order valence-corrected chi connectivity index (χ0v) is 26.5. The van der Waals surface area contributed by atoms with Crippen molar-refractivity contribution in [3.05, 3.63) is 83.4 Å². The minimum absolute atomic E-state index is 0.0296. The standard InChI is InChI=1S/C32H38ClN5O4Si/c1-4-43(5-2,6-3)18-17-32(21-40-19-23-13-9-7-10-14-23)27(41-20-24-15-11-8-12-16-24)26(39)30(42-32)38-22-35-25-28(34)36-31(33)37-29(25)38/h7-16,22,26-27,30,39H,4-6,19-21H2,1-3H3,(H2,34,36,37)/t26-,27+,30-,32-/m1/s1. The highest BCUT2D eigenvalue weighted by atomic mass is 35.5. The molecule has 0 saturated carbocycles. The van der Waals surface area contributed by atoms with E-state index < -0.39 is 32.1 Å². The van der Waals surface area contributed by atoms with Gasteiger partial charge in [0.05, 0.1) is 26.1 Å². The monoisotopic (exact) mass is 619 g/mol. The Labute approximate surface area is 258 Å². The highest BCUT2D eigenvalue weighted by Gasteiger charge is 2.56. The molecule has 0 aliphatic carbocycles. The molecule has 9 nitrogen and oxygen atoms in total. The zero-order valence-electron chi connectivity index (χ0n) is 24.7. The topological polar surface area (TPSA) is 118 Å². The van der Waals surface area contributed by atoms with Crippen molar-refractivity contribution in [3.63, 3.8) is 0 Å². The predicted octanol–water partition coefficient (Wildman–Crippen LogP) is 5.54. The van der Waals surface area contributed by atoms with E-state index in [0.29, 0.717) is 17.8 Å². The number of ether oxygens (including phenoxy) is 3. The van der Waals surface area contributed by atoms with Crippen molar-refractivity contribution in [2.45, 2.75) is 76.2 Å². The van der Waals surface area contributed by atoms with Crippen molar-refractivity contribution in [2.24, 2.45) is 0 Å². The molecule has 1 aliphatic rings. The van der Waals surface area contributed by atoms with Crippen LogP contribution in [0.15, 0.2) is 67.0 Å². The van der Waals surface area contributed by atoms with Crippen LogP contribution in [0, 0.1) is 11.5 Å². The molecule has 0 spiro atoms. The Kier molecular flexibility index (Phi) is 9.81. The molecule has 2 aromatic heterocycles. The van der Waals surface area contributed by atoms with E-state index >= 15 is 0 Å². The number of nitrogen functional groups attached to an aromatic ring is 1. The third-order valence-corrected chi connectivity index (χ3v) is 13.2. The number of rotatable bonds is 11. The van der Waals surface area contributed by atoms with Gasteiger partial charge in [-0.05, 0) is 40.9 Å². The molecule has 226 valence electrons. The fourth-order valence-electron chi connectivity index (χ4n) is 5.49. The molecule has 0 radical (unpaired) electrons. The van der Waals surface area contributed by atoms with Crippen LogP contribution in [-0.4, -0.2) is 57.1 Å². The van der Waals surface area contributed by atoms with E-state index in [1.165, 1.54) is 6.33 Å². The van der Waals surface area contributed by atoms with Crippen LogP contribution in [-0.2, 0) is 27.4 Å². The van der Waals surface area contributed by atoms with E-state index in [0.717, 1.165) is 29.3 Å². The van der Waals surface area contributed by atoms with Gasteiger partial charge in [-0.3, -0.25) is 4.57 Å². The third kappa shape index (κ3) is 6.62. The molecule has 1 aliphatic heterocycles. The van der Waals surface area contributed by atoms with Crippen LogP contribution in [0.2, 0.25) is 23.4 Å². The second-order valence-corrected chi connectivity index (χ2v) is 16.1. The van der Waals surface area contributed by atoms with E-state index in [9.17, 15) is 5.11 Å². The number of benzene rings is 2. The number of aliphatic hydroxyl groups is 1. The van der Waals surface area contributed by atoms with Crippen LogP contribution < -0.4 is 5.73 Å². The molecular weight excluding hydrogens is 582 g/mol. The normalized spacial score (nSPS) is 22.0. The molecular formula is C32H38ClN5O4Si. The van der Waals surface area contributed by atoms with Crippen molar-refractivity contribution in [1.82, 2.24) is 19.5 Å². The maximum absolute atomic E-state index is 11.9. The van der Waals surface area contributed by atoms with Gasteiger partial charge in [0.15, 0.2) is 23.3 Å². The average Bonchev–Trinajstić information content (AvgIpc) is 3.56. The van der Waals surface area contributed by atoms with Gasteiger partial charge >= 0.3 is 0 Å². The van der Waals surface area contributed by atoms with E-state index in [1.807, 2.05) is 60.7 Å². The lowest BCUT2D eigenvalue weighted by Gasteiger charge is -2.31. The summed E-state index contributed by atoms with van der Waals surface area (Å²) in [4.78, 5) is 12.8. The molecule has 3 heterocycles. The summed E-state index contributed by atoms with van der Waals surface area (Å²) >= 11 is 6.16. The van der Waals surface area contributed by atoms with Crippen LogP contribution in [0.5, 0.6) is 0 Å². The Bertz CT molecular complexity index is 1570. The first-order chi connectivity index (χ1) is 20.8. The zero-order chi connectivity index (χ0) is 30.5. The van der Waals surface area contributed by atoms with Gasteiger partial charge in [0.2, 0.25) is 5.28 Å². The van der Waals surface area contributed by atoms with E-state index in [-0.39, 0.29) is 24.3 Å². The van der Waals surface area contributed by atoms with Crippen molar-refractivity contribution >= 4 is 36.7 Å². The molecule has 11 heteroatoms. The summed E-state index contributed by atoms with van der Waals surface area (Å²) in [5.74, 6) is 3.66. The number of nitrogens with two attached hydrogens (primary N) is 1. The van der Waals surface area contributed by atoms with Crippen molar-refractivity contribution in [2.75, 3.05) is 12.3 Å². The summed E-state index contributed by atoms with van der Waals surface area (Å²) in [7, 11) is -1.93. The van der Waals surface area contributed by atoms with Gasteiger partial charge < -0.3 is 25.1 Å². The molecule has 3 N–H and O–H groups in total. The number of hydrogen-bond donors (Lipinski definition) is 2. The Hall–Kier alpha value is -3.30. The minimum atomic E-state index is -1.93. The van der Waals surface area contributed by atoms with Crippen LogP contribution >= 0.6 is 11.6 Å². The van der Waals surface area contributed by atoms with Crippen LogP contribution in [0.4, 0.5) is 5.82 Å². The predicted molar refractivity (Wildman–Crippen MR) is 170 cm³/mol. The molecule has 4 atom stereocenters. The van der Waals surface area contributed by atoms with Crippen LogP contribution in [0.1, 0.15) is 38.1 Å². The quantitative estimate of drug-likeness (QED) is 0.128. The first-order valence-corrected chi connectivity index (χ1v) is 17.7. The highest BCUT2D eigenvalue weighted by Crippen LogP contribution is 2.41. The maximum Gasteiger partial charge on any atom is 0.226 e. The van der Waals surface area contributed by atoms with Crippen LogP contribution in [0.25, 0.3) is 11.2 Å². The lowest BCUT2D eigenvalue weighted by molar-refractivity contribution is -0.123. The van der Waals surface area contributed by atoms with Gasteiger partial charge in [0, 0.05) is 0 Å². The molecule has 0 amide bonds. The summed E-state index contributed by atoms with van der Waals surface area (Å²) in [5, 5.41) is 11.9. The first kappa shape index (κ1) is 31.1. The second-order valence-electron chi connectivity index (χ2n) is 10.9.